The van der Waals surface area contributed by atoms with Crippen LogP contribution in [-0.4, -0.2) is 24.6 Å². The molecule has 2 N–H and O–H groups in total. The Hall–Kier alpha value is -0.610. The first kappa shape index (κ1) is 9.93. The lowest BCUT2D eigenvalue weighted by Gasteiger charge is -2.10. The van der Waals surface area contributed by atoms with E-state index in [0.717, 1.165) is 35.7 Å². The van der Waals surface area contributed by atoms with Gasteiger partial charge in [0, 0.05) is 17.2 Å². The zero-order valence-corrected chi connectivity index (χ0v) is 9.55. The summed E-state index contributed by atoms with van der Waals surface area (Å²) in [5.41, 5.74) is 1.09. The van der Waals surface area contributed by atoms with Crippen molar-refractivity contribution in [2.24, 2.45) is 5.92 Å². The fourth-order valence-electron chi connectivity index (χ4n) is 1.66. The Kier molecular flexibility index (Phi) is 3.37. The molecule has 2 rings (SSSR count). The molecule has 0 saturated carbocycles. The lowest BCUT2D eigenvalue weighted by Crippen LogP contribution is -2.17. The van der Waals surface area contributed by atoms with Crippen LogP contribution in [0.2, 0.25) is 0 Å². The number of pyridine rings is 1. The molecule has 0 spiro atoms. The van der Waals surface area contributed by atoms with Crippen LogP contribution in [0.5, 0.6) is 0 Å². The molecule has 1 atom stereocenters. The number of hydrogen-bond acceptors (Lipinski definition) is 3. The lowest BCUT2D eigenvalue weighted by atomic mass is 10.1. The molecule has 4 heteroatoms. The molecule has 0 aliphatic carbocycles. The Morgan fingerprint density at radius 3 is 3.21 bits per heavy atom. The second-order valence-corrected chi connectivity index (χ2v) is 4.55. The van der Waals surface area contributed by atoms with Crippen LogP contribution >= 0.6 is 15.9 Å². The molecule has 1 saturated heterocycles. The van der Waals surface area contributed by atoms with Gasteiger partial charge in [0.2, 0.25) is 0 Å². The summed E-state index contributed by atoms with van der Waals surface area (Å²) in [5, 5.41) is 6.75. The van der Waals surface area contributed by atoms with Gasteiger partial charge in [0.1, 0.15) is 0 Å². The Bertz CT molecular complexity index is 297. The van der Waals surface area contributed by atoms with Gasteiger partial charge in [-0.1, -0.05) is 0 Å². The summed E-state index contributed by atoms with van der Waals surface area (Å²) in [4.78, 5) is 4.10. The number of nitrogens with one attached hydrogen (secondary N) is 2. The molecule has 76 valence electrons. The summed E-state index contributed by atoms with van der Waals surface area (Å²) < 4.78 is 1.02. The maximum absolute atomic E-state index is 4.10. The van der Waals surface area contributed by atoms with Crippen LogP contribution < -0.4 is 10.6 Å². The van der Waals surface area contributed by atoms with Crippen molar-refractivity contribution in [3.8, 4) is 0 Å². The first-order chi connectivity index (χ1) is 6.84. The molecule has 0 bridgehead atoms. The van der Waals surface area contributed by atoms with Gasteiger partial charge in [-0.2, -0.15) is 0 Å². The number of aromatic nitrogens is 1. The maximum Gasteiger partial charge on any atom is 0.0538 e. The van der Waals surface area contributed by atoms with E-state index in [9.17, 15) is 0 Å². The molecule has 0 amide bonds. The van der Waals surface area contributed by atoms with Crippen molar-refractivity contribution >= 4 is 21.6 Å². The molecule has 0 aromatic carbocycles. The molecule has 1 aliphatic rings. The Morgan fingerprint density at radius 1 is 1.57 bits per heavy atom. The first-order valence-electron chi connectivity index (χ1n) is 4.90. The van der Waals surface area contributed by atoms with Gasteiger partial charge in [-0.15, -0.1) is 0 Å². The molecule has 1 aromatic rings. The van der Waals surface area contributed by atoms with Crippen LogP contribution in [-0.2, 0) is 0 Å². The Balaban J connectivity index is 1.85. The largest absolute Gasteiger partial charge is 0.383 e. The molecule has 1 aliphatic heterocycles. The van der Waals surface area contributed by atoms with Gasteiger partial charge in [0.25, 0.3) is 0 Å². The summed E-state index contributed by atoms with van der Waals surface area (Å²) in [7, 11) is 0. The van der Waals surface area contributed by atoms with Crippen LogP contribution in [0.15, 0.2) is 22.9 Å². The van der Waals surface area contributed by atoms with Crippen LogP contribution in [0.4, 0.5) is 5.69 Å². The summed E-state index contributed by atoms with van der Waals surface area (Å²) in [6.07, 6.45) is 4.92. The van der Waals surface area contributed by atoms with E-state index >= 15 is 0 Å². The van der Waals surface area contributed by atoms with Crippen molar-refractivity contribution in [3.63, 3.8) is 0 Å². The highest BCUT2D eigenvalue weighted by molar-refractivity contribution is 9.10. The third-order valence-electron chi connectivity index (χ3n) is 2.46. The van der Waals surface area contributed by atoms with Crippen molar-refractivity contribution in [1.29, 1.82) is 0 Å². The minimum atomic E-state index is 0.758. The summed E-state index contributed by atoms with van der Waals surface area (Å²) in [6.45, 7) is 3.32. The molecule has 2 heterocycles. The van der Waals surface area contributed by atoms with Crippen molar-refractivity contribution in [2.75, 3.05) is 25.0 Å². The molecular formula is C10H14BrN3. The molecule has 1 aromatic heterocycles. The van der Waals surface area contributed by atoms with E-state index in [1.807, 2.05) is 6.20 Å². The second-order valence-electron chi connectivity index (χ2n) is 3.63. The van der Waals surface area contributed by atoms with E-state index in [2.05, 4.69) is 37.6 Å². The number of nitrogens with zero attached hydrogens (tertiary/aromatic N) is 1. The molecule has 14 heavy (non-hydrogen) atoms. The third kappa shape index (κ3) is 2.69. The highest BCUT2D eigenvalue weighted by Crippen LogP contribution is 2.15. The van der Waals surface area contributed by atoms with Crippen LogP contribution in [0.1, 0.15) is 6.42 Å². The van der Waals surface area contributed by atoms with Crippen molar-refractivity contribution < 1.29 is 0 Å². The molecule has 1 fully saturated rings. The number of hydrogen-bond donors (Lipinski definition) is 2. The average Bonchev–Trinajstić information content (AvgIpc) is 2.67. The highest BCUT2D eigenvalue weighted by atomic mass is 79.9. The first-order valence-corrected chi connectivity index (χ1v) is 5.69. The minimum Gasteiger partial charge on any atom is -0.383 e. The van der Waals surface area contributed by atoms with Crippen molar-refractivity contribution in [1.82, 2.24) is 10.3 Å². The summed E-state index contributed by atoms with van der Waals surface area (Å²) in [6, 6.07) is 2.05. The molecular weight excluding hydrogens is 242 g/mol. The lowest BCUT2D eigenvalue weighted by molar-refractivity contribution is 0.615. The van der Waals surface area contributed by atoms with E-state index in [0.29, 0.717) is 0 Å². The van der Waals surface area contributed by atoms with E-state index in [1.165, 1.54) is 6.42 Å². The number of rotatable bonds is 3. The van der Waals surface area contributed by atoms with Gasteiger partial charge < -0.3 is 10.6 Å². The van der Waals surface area contributed by atoms with E-state index in [1.54, 1.807) is 6.20 Å². The molecule has 3 nitrogen and oxygen atoms in total. The van der Waals surface area contributed by atoms with Gasteiger partial charge in [-0.3, -0.25) is 4.98 Å². The topological polar surface area (TPSA) is 37.0 Å². The number of anilines is 1. The predicted molar refractivity (Wildman–Crippen MR) is 61.4 cm³/mol. The molecule has 1 unspecified atom stereocenters. The van der Waals surface area contributed by atoms with Crippen LogP contribution in [0.3, 0.4) is 0 Å². The zero-order valence-electron chi connectivity index (χ0n) is 7.96. The zero-order chi connectivity index (χ0) is 9.80. The van der Waals surface area contributed by atoms with Gasteiger partial charge in [-0.05, 0) is 47.4 Å². The monoisotopic (exact) mass is 255 g/mol. The standard InChI is InChI=1S/C10H14BrN3/c11-9-3-10(7-13-6-9)14-5-8-1-2-12-4-8/h3,6-8,12,14H,1-2,4-5H2. The van der Waals surface area contributed by atoms with Gasteiger partial charge >= 0.3 is 0 Å². The minimum absolute atomic E-state index is 0.758. The highest BCUT2D eigenvalue weighted by Gasteiger charge is 2.13. The van der Waals surface area contributed by atoms with Gasteiger partial charge in [-0.25, -0.2) is 0 Å². The Labute approximate surface area is 92.4 Å². The van der Waals surface area contributed by atoms with Crippen molar-refractivity contribution in [2.45, 2.75) is 6.42 Å². The van der Waals surface area contributed by atoms with E-state index < -0.39 is 0 Å². The smallest absolute Gasteiger partial charge is 0.0538 e. The SMILES string of the molecule is Brc1cncc(NCC2CCNC2)c1. The van der Waals surface area contributed by atoms with Crippen LogP contribution in [0.25, 0.3) is 0 Å². The van der Waals surface area contributed by atoms with Crippen molar-refractivity contribution in [3.05, 3.63) is 22.9 Å². The van der Waals surface area contributed by atoms with Gasteiger partial charge in [0.15, 0.2) is 0 Å². The normalized spacial score (nSPS) is 21.1. The summed E-state index contributed by atoms with van der Waals surface area (Å²) in [5.74, 6) is 0.758. The predicted octanol–water partition coefficient (Wildman–Crippen LogP) is 1.87. The number of halogens is 1. The second kappa shape index (κ2) is 4.75. The third-order valence-corrected chi connectivity index (χ3v) is 2.90. The van der Waals surface area contributed by atoms with E-state index in [4.69, 9.17) is 0 Å². The maximum atomic E-state index is 4.10. The Morgan fingerprint density at radius 2 is 2.50 bits per heavy atom. The van der Waals surface area contributed by atoms with E-state index in [-0.39, 0.29) is 0 Å². The quantitative estimate of drug-likeness (QED) is 0.866. The fraction of sp³-hybridized carbons (Fsp3) is 0.500. The van der Waals surface area contributed by atoms with Crippen LogP contribution in [0, 0.1) is 5.92 Å². The summed E-state index contributed by atoms with van der Waals surface area (Å²) >= 11 is 3.40. The average molecular weight is 256 g/mol. The van der Waals surface area contributed by atoms with Gasteiger partial charge in [0.05, 0.1) is 11.9 Å². The molecule has 0 radical (unpaired) electrons. The fourth-order valence-corrected chi connectivity index (χ4v) is 2.02.